The standard InChI is InChI=1S/C45H23Cl4NO2S/c46-38-36-37(39(47)41(49)40(38)48)43(52)31(42(36)51)22-27-23-35-44(53-27)30-20-19-26(50(24-11-3-1-4-12-24)25-13-5-2-6-14-25)21-34(30)45(35)32-17-9-7-15-28(32)29-16-8-10-18-33(29)45/h1-23H. The molecule has 0 amide bonds. The van der Waals surface area contributed by atoms with Gasteiger partial charge in [0.05, 0.1) is 42.2 Å². The van der Waals surface area contributed by atoms with Crippen molar-refractivity contribution < 1.29 is 9.59 Å². The van der Waals surface area contributed by atoms with Crippen molar-refractivity contribution in [2.24, 2.45) is 0 Å². The van der Waals surface area contributed by atoms with Crippen LogP contribution in [0.5, 0.6) is 0 Å². The van der Waals surface area contributed by atoms with Gasteiger partial charge in [-0.05, 0) is 87.5 Å². The molecule has 0 saturated carbocycles. The fraction of sp³-hybridized carbons (Fsp3) is 0.0222. The van der Waals surface area contributed by atoms with E-state index in [-0.39, 0.29) is 36.8 Å². The van der Waals surface area contributed by atoms with E-state index >= 15 is 0 Å². The van der Waals surface area contributed by atoms with Gasteiger partial charge in [-0.25, -0.2) is 0 Å². The van der Waals surface area contributed by atoms with E-state index in [2.05, 4.69) is 126 Å². The van der Waals surface area contributed by atoms with E-state index in [1.165, 1.54) is 27.8 Å². The third kappa shape index (κ3) is 4.48. The van der Waals surface area contributed by atoms with Gasteiger partial charge in [0.15, 0.2) is 11.6 Å². The number of nitrogens with zero attached hydrogens (tertiary/aromatic N) is 1. The van der Waals surface area contributed by atoms with Gasteiger partial charge in [-0.2, -0.15) is 0 Å². The molecule has 10 rings (SSSR count). The van der Waals surface area contributed by atoms with Crippen LogP contribution in [0.15, 0.2) is 139 Å². The second-order valence-electron chi connectivity index (χ2n) is 13.2. The molecule has 0 fully saturated rings. The van der Waals surface area contributed by atoms with Crippen LogP contribution in [0.25, 0.3) is 27.6 Å². The van der Waals surface area contributed by atoms with E-state index in [1.807, 2.05) is 12.1 Å². The highest BCUT2D eigenvalue weighted by atomic mass is 35.5. The molecule has 1 heterocycles. The molecule has 3 nitrogen and oxygen atoms in total. The zero-order valence-corrected chi connectivity index (χ0v) is 31.3. The summed E-state index contributed by atoms with van der Waals surface area (Å²) in [5.74, 6) is -1.05. The second kappa shape index (κ2) is 12.0. The van der Waals surface area contributed by atoms with Crippen LogP contribution >= 0.6 is 57.7 Å². The summed E-state index contributed by atoms with van der Waals surface area (Å²) in [6.07, 6.45) is 1.66. The van der Waals surface area contributed by atoms with Crippen LogP contribution in [0.2, 0.25) is 20.1 Å². The Labute approximate surface area is 329 Å². The van der Waals surface area contributed by atoms with Gasteiger partial charge >= 0.3 is 0 Å². The van der Waals surface area contributed by atoms with Crippen LogP contribution in [0, 0.1) is 0 Å². The monoisotopic (exact) mass is 781 g/mol. The van der Waals surface area contributed by atoms with Crippen LogP contribution in [-0.4, -0.2) is 11.6 Å². The average molecular weight is 784 g/mol. The summed E-state index contributed by atoms with van der Waals surface area (Å²) in [5, 5.41) is -0.253. The molecule has 0 radical (unpaired) electrons. The summed E-state index contributed by atoms with van der Waals surface area (Å²) < 4.78 is 0. The molecule has 0 saturated heterocycles. The van der Waals surface area contributed by atoms with Crippen LogP contribution in [0.1, 0.15) is 47.8 Å². The van der Waals surface area contributed by atoms with Crippen molar-refractivity contribution >= 4 is 92.4 Å². The number of halogens is 4. The molecule has 3 aliphatic carbocycles. The van der Waals surface area contributed by atoms with Gasteiger partial charge in [0.2, 0.25) is 0 Å². The number of rotatable bonds is 4. The first kappa shape index (κ1) is 32.7. The minimum Gasteiger partial charge on any atom is -0.310 e. The molecule has 53 heavy (non-hydrogen) atoms. The van der Waals surface area contributed by atoms with E-state index < -0.39 is 17.0 Å². The van der Waals surface area contributed by atoms with Crippen molar-refractivity contribution in [2.45, 2.75) is 5.41 Å². The number of fused-ring (bicyclic) bond motifs is 11. The number of allylic oxidation sites excluding steroid dienone is 1. The average Bonchev–Trinajstić information content (AvgIpc) is 3.89. The quantitative estimate of drug-likeness (QED) is 0.0772. The number of anilines is 3. The molecular formula is C45H23Cl4NO2S. The molecule has 6 aromatic carbocycles. The first-order valence-corrected chi connectivity index (χ1v) is 19.2. The topological polar surface area (TPSA) is 37.4 Å². The fourth-order valence-corrected chi connectivity index (χ4v) is 10.6. The molecule has 0 bridgehead atoms. The summed E-state index contributed by atoms with van der Waals surface area (Å²) in [7, 11) is 0. The van der Waals surface area contributed by atoms with Crippen molar-refractivity contribution in [2.75, 3.05) is 4.90 Å². The Morgan fingerprint density at radius 3 is 1.55 bits per heavy atom. The Hall–Kier alpha value is -4.94. The van der Waals surface area contributed by atoms with Crippen molar-refractivity contribution in [3.63, 3.8) is 0 Å². The third-order valence-electron chi connectivity index (χ3n) is 10.5. The second-order valence-corrected chi connectivity index (χ2v) is 15.8. The third-order valence-corrected chi connectivity index (χ3v) is 13.5. The maximum absolute atomic E-state index is 13.8. The normalized spacial score (nSPS) is 14.2. The summed E-state index contributed by atoms with van der Waals surface area (Å²) in [6, 6.07) is 46.8. The number of carbonyl (C=O) groups excluding carboxylic acids is 2. The lowest BCUT2D eigenvalue weighted by Gasteiger charge is -2.32. The van der Waals surface area contributed by atoms with Crippen LogP contribution in [0.4, 0.5) is 17.1 Å². The van der Waals surface area contributed by atoms with Crippen molar-refractivity contribution in [3.8, 4) is 21.6 Å². The molecule has 0 N–H and O–H groups in total. The Morgan fingerprint density at radius 2 is 1.00 bits per heavy atom. The smallest absolute Gasteiger partial charge is 0.199 e. The highest BCUT2D eigenvalue weighted by Crippen LogP contribution is 2.65. The van der Waals surface area contributed by atoms with E-state index in [1.54, 1.807) is 17.4 Å². The molecule has 0 aliphatic heterocycles. The Kier molecular flexibility index (Phi) is 7.43. The largest absolute Gasteiger partial charge is 0.310 e. The highest BCUT2D eigenvalue weighted by molar-refractivity contribution is 7.16. The maximum Gasteiger partial charge on any atom is 0.199 e. The molecule has 0 unspecified atom stereocenters. The van der Waals surface area contributed by atoms with Crippen LogP contribution in [-0.2, 0) is 5.41 Å². The number of thiophene rings is 1. The number of carbonyl (C=O) groups is 2. The minimum atomic E-state index is -0.652. The number of hydrogen-bond acceptors (Lipinski definition) is 4. The molecule has 7 aromatic rings. The van der Waals surface area contributed by atoms with Gasteiger partial charge in [0.25, 0.3) is 0 Å². The molecule has 0 atom stereocenters. The fourth-order valence-electron chi connectivity index (χ4n) is 8.41. The van der Waals surface area contributed by atoms with Crippen molar-refractivity contribution in [1.29, 1.82) is 0 Å². The minimum absolute atomic E-state index is 0.0132. The van der Waals surface area contributed by atoms with Gasteiger partial charge in [0, 0.05) is 26.8 Å². The Bertz CT molecular complexity index is 2640. The van der Waals surface area contributed by atoms with Gasteiger partial charge in [-0.1, -0.05) is 137 Å². The van der Waals surface area contributed by atoms with Crippen molar-refractivity contribution in [3.05, 3.63) is 197 Å². The first-order valence-electron chi connectivity index (χ1n) is 16.9. The summed E-state index contributed by atoms with van der Waals surface area (Å²) in [4.78, 5) is 31.7. The highest BCUT2D eigenvalue weighted by Gasteiger charge is 2.53. The van der Waals surface area contributed by atoms with E-state index in [0.29, 0.717) is 0 Å². The number of benzene rings is 6. The molecule has 3 aliphatic rings. The van der Waals surface area contributed by atoms with Gasteiger partial charge in [-0.3, -0.25) is 9.59 Å². The molecular weight excluding hydrogens is 760 g/mol. The predicted octanol–water partition coefficient (Wildman–Crippen LogP) is 13.6. The molecule has 1 aromatic heterocycles. The SMILES string of the molecule is O=C1C(=Cc2cc3c(s2)-c2ccc(N(c4ccccc4)c4ccccc4)cc2C32c3ccccc3-c3ccccc32)C(=O)c2c(Cl)c(Cl)c(Cl)c(Cl)c21. The number of ketones is 2. The summed E-state index contributed by atoms with van der Waals surface area (Å²) in [5.41, 5.74) is 10.5. The van der Waals surface area contributed by atoms with E-state index in [0.717, 1.165) is 37.9 Å². The lowest BCUT2D eigenvalue weighted by molar-refractivity contribution is 0.0990. The summed E-state index contributed by atoms with van der Waals surface area (Å²) >= 11 is 27.1. The number of Topliss-reactive ketones (excluding diaryl/α,β-unsaturated/α-hetero) is 2. The maximum atomic E-state index is 13.8. The number of hydrogen-bond donors (Lipinski definition) is 0. The number of para-hydroxylation sites is 2. The van der Waals surface area contributed by atoms with Gasteiger partial charge < -0.3 is 4.90 Å². The first-order chi connectivity index (χ1) is 25.8. The lowest BCUT2D eigenvalue weighted by atomic mass is 9.71. The zero-order chi connectivity index (χ0) is 36.2. The Balaban J connectivity index is 1.21. The van der Waals surface area contributed by atoms with E-state index in [4.69, 9.17) is 46.4 Å². The van der Waals surface area contributed by atoms with Gasteiger partial charge in [0.1, 0.15) is 0 Å². The van der Waals surface area contributed by atoms with Gasteiger partial charge in [-0.15, -0.1) is 11.3 Å². The lowest BCUT2D eigenvalue weighted by Crippen LogP contribution is -2.26. The molecule has 1 spiro atoms. The van der Waals surface area contributed by atoms with Crippen LogP contribution < -0.4 is 4.90 Å². The zero-order valence-electron chi connectivity index (χ0n) is 27.5. The Morgan fingerprint density at radius 1 is 0.491 bits per heavy atom. The predicted molar refractivity (Wildman–Crippen MR) is 218 cm³/mol. The molecule has 8 heteroatoms. The van der Waals surface area contributed by atoms with Crippen LogP contribution in [0.3, 0.4) is 0 Å². The van der Waals surface area contributed by atoms with E-state index in [9.17, 15) is 9.59 Å². The summed E-state index contributed by atoms with van der Waals surface area (Å²) in [6.45, 7) is 0. The molecule has 254 valence electrons. The van der Waals surface area contributed by atoms with Crippen molar-refractivity contribution in [1.82, 2.24) is 0 Å².